The summed E-state index contributed by atoms with van der Waals surface area (Å²) < 4.78 is 0.794. The molecule has 0 bridgehead atoms. The molecule has 3 aromatic rings. The Hall–Kier alpha value is -1.86. The number of aromatic nitrogens is 3. The average molecular weight is 332 g/mol. The highest BCUT2D eigenvalue weighted by molar-refractivity contribution is 8.02. The maximum absolute atomic E-state index is 12.8. The summed E-state index contributed by atoms with van der Waals surface area (Å²) in [5, 5.41) is 12.6. The highest BCUT2D eigenvalue weighted by atomic mass is 32.2. The number of anilines is 1. The van der Waals surface area contributed by atoms with Gasteiger partial charge in [0.05, 0.1) is 5.25 Å². The minimum Gasteiger partial charge on any atom is -0.363 e. The molecule has 5 nitrogen and oxygen atoms in total. The summed E-state index contributed by atoms with van der Waals surface area (Å²) in [6.07, 6.45) is 0. The van der Waals surface area contributed by atoms with Gasteiger partial charge in [-0.15, -0.1) is 10.2 Å². The van der Waals surface area contributed by atoms with Gasteiger partial charge >= 0.3 is 0 Å². The fourth-order valence-corrected chi connectivity index (χ4v) is 4.27. The summed E-state index contributed by atoms with van der Waals surface area (Å²) in [5.41, 5.74) is 2.68. The number of nitrogens with one attached hydrogen (secondary N) is 2. The molecule has 2 heterocycles. The van der Waals surface area contributed by atoms with Crippen LogP contribution >= 0.6 is 23.1 Å². The maximum Gasteiger partial charge on any atom is 0.206 e. The number of thioether (sulfide) groups is 1. The van der Waals surface area contributed by atoms with Gasteiger partial charge in [-0.25, -0.2) is 0 Å². The number of aromatic amines is 1. The summed E-state index contributed by atoms with van der Waals surface area (Å²) in [4.78, 5) is 16.1. The van der Waals surface area contributed by atoms with E-state index >= 15 is 0 Å². The van der Waals surface area contributed by atoms with Gasteiger partial charge in [0, 0.05) is 29.2 Å². The molecule has 1 aromatic carbocycles. The molecule has 2 N–H and O–H groups in total. The standard InChI is InChI=1S/C15H16N4OS2/c1-8-12(10-6-4-5-7-11(10)17-8)13(20)9(2)21-15-19-18-14(16-3)22-15/h4-7,9,17H,1-3H3,(H,16,18)/t9-/m1/s1. The molecule has 114 valence electrons. The van der Waals surface area contributed by atoms with Gasteiger partial charge in [0.25, 0.3) is 0 Å². The van der Waals surface area contributed by atoms with Crippen molar-refractivity contribution < 1.29 is 4.79 Å². The fourth-order valence-electron chi connectivity index (χ4n) is 2.36. The number of hydrogen-bond donors (Lipinski definition) is 2. The van der Waals surface area contributed by atoms with E-state index in [2.05, 4.69) is 20.5 Å². The minimum absolute atomic E-state index is 0.112. The molecule has 3 rings (SSSR count). The predicted molar refractivity (Wildman–Crippen MR) is 92.1 cm³/mol. The SMILES string of the molecule is CNc1nnc(S[C@H](C)C(=O)c2c(C)[nH]c3ccccc23)s1. The molecule has 1 atom stereocenters. The molecule has 0 aliphatic carbocycles. The van der Waals surface area contributed by atoms with Crippen LogP contribution in [-0.2, 0) is 0 Å². The smallest absolute Gasteiger partial charge is 0.206 e. The molecule has 2 aromatic heterocycles. The largest absolute Gasteiger partial charge is 0.363 e. The molecule has 0 unspecified atom stereocenters. The van der Waals surface area contributed by atoms with Crippen LogP contribution in [0.25, 0.3) is 10.9 Å². The van der Waals surface area contributed by atoms with Crippen LogP contribution in [0.3, 0.4) is 0 Å². The van der Waals surface area contributed by atoms with Crippen molar-refractivity contribution in [2.75, 3.05) is 12.4 Å². The van der Waals surface area contributed by atoms with Crippen molar-refractivity contribution in [1.29, 1.82) is 0 Å². The molecule has 0 spiro atoms. The molecular formula is C15H16N4OS2. The van der Waals surface area contributed by atoms with E-state index in [9.17, 15) is 4.79 Å². The quantitative estimate of drug-likeness (QED) is 0.550. The monoisotopic (exact) mass is 332 g/mol. The lowest BCUT2D eigenvalue weighted by Crippen LogP contribution is -2.14. The Labute approximate surface area is 136 Å². The van der Waals surface area contributed by atoms with Gasteiger partial charge in [0.15, 0.2) is 10.1 Å². The Bertz CT molecular complexity index is 824. The lowest BCUT2D eigenvalue weighted by Gasteiger charge is -2.08. The van der Waals surface area contributed by atoms with Gasteiger partial charge in [-0.2, -0.15) is 0 Å². The van der Waals surface area contributed by atoms with Crippen LogP contribution in [-0.4, -0.2) is 33.3 Å². The molecular weight excluding hydrogens is 316 g/mol. The highest BCUT2D eigenvalue weighted by Gasteiger charge is 2.23. The summed E-state index contributed by atoms with van der Waals surface area (Å²) in [6, 6.07) is 7.88. The van der Waals surface area contributed by atoms with E-state index in [0.29, 0.717) is 0 Å². The summed E-state index contributed by atoms with van der Waals surface area (Å²) >= 11 is 2.90. The molecule has 0 amide bonds. The highest BCUT2D eigenvalue weighted by Crippen LogP contribution is 2.32. The lowest BCUT2D eigenvalue weighted by atomic mass is 10.1. The number of aryl methyl sites for hydroxylation is 1. The van der Waals surface area contributed by atoms with Crippen LogP contribution in [0.4, 0.5) is 5.13 Å². The lowest BCUT2D eigenvalue weighted by molar-refractivity contribution is 0.0995. The number of hydrogen-bond acceptors (Lipinski definition) is 6. The first-order valence-corrected chi connectivity index (χ1v) is 8.59. The van der Waals surface area contributed by atoms with Gasteiger partial charge in [0.2, 0.25) is 5.13 Å². The zero-order valence-electron chi connectivity index (χ0n) is 12.5. The van der Waals surface area contributed by atoms with Crippen molar-refractivity contribution >= 4 is 44.9 Å². The topological polar surface area (TPSA) is 70.7 Å². The molecule has 0 radical (unpaired) electrons. The number of ketones is 1. The van der Waals surface area contributed by atoms with Gasteiger partial charge in [-0.05, 0) is 19.9 Å². The van der Waals surface area contributed by atoms with E-state index < -0.39 is 0 Å². The summed E-state index contributed by atoms with van der Waals surface area (Å²) in [6.45, 7) is 3.85. The Morgan fingerprint density at radius 3 is 2.86 bits per heavy atom. The second-order valence-corrected chi connectivity index (χ2v) is 7.48. The molecule has 0 aliphatic rings. The van der Waals surface area contributed by atoms with Crippen molar-refractivity contribution in [3.05, 3.63) is 35.5 Å². The van der Waals surface area contributed by atoms with Crippen molar-refractivity contribution in [2.45, 2.75) is 23.4 Å². The molecule has 0 saturated carbocycles. The number of nitrogens with zero attached hydrogens (tertiary/aromatic N) is 2. The van der Waals surface area contributed by atoms with E-state index in [1.165, 1.54) is 23.1 Å². The van der Waals surface area contributed by atoms with Crippen molar-refractivity contribution in [3.8, 4) is 0 Å². The van der Waals surface area contributed by atoms with E-state index in [1.807, 2.05) is 38.1 Å². The van der Waals surface area contributed by atoms with E-state index in [1.54, 1.807) is 7.05 Å². The third kappa shape index (κ3) is 2.74. The number of rotatable bonds is 5. The second kappa shape index (κ2) is 6.10. The molecule has 0 saturated heterocycles. The third-order valence-corrected chi connectivity index (χ3v) is 5.53. The average Bonchev–Trinajstić information content (AvgIpc) is 3.09. The summed E-state index contributed by atoms with van der Waals surface area (Å²) in [7, 11) is 1.80. The zero-order valence-corrected chi connectivity index (χ0v) is 14.1. The predicted octanol–water partition coefficient (Wildman–Crippen LogP) is 3.73. The van der Waals surface area contributed by atoms with Crippen LogP contribution in [0.2, 0.25) is 0 Å². The Kier molecular flexibility index (Phi) is 4.17. The Morgan fingerprint density at radius 2 is 2.14 bits per heavy atom. The molecule has 7 heteroatoms. The van der Waals surface area contributed by atoms with Gasteiger partial charge in [-0.1, -0.05) is 41.3 Å². The second-order valence-electron chi connectivity index (χ2n) is 4.92. The fraction of sp³-hybridized carbons (Fsp3) is 0.267. The maximum atomic E-state index is 12.8. The van der Waals surface area contributed by atoms with Gasteiger partial charge < -0.3 is 10.3 Å². The number of Topliss-reactive ketones (excluding diaryl/α,β-unsaturated/α-hetero) is 1. The van der Waals surface area contributed by atoms with Crippen LogP contribution in [0.15, 0.2) is 28.6 Å². The number of para-hydroxylation sites is 1. The Balaban J connectivity index is 1.87. The third-order valence-electron chi connectivity index (χ3n) is 3.41. The van der Waals surface area contributed by atoms with Crippen molar-refractivity contribution in [3.63, 3.8) is 0 Å². The van der Waals surface area contributed by atoms with Crippen LogP contribution in [0.1, 0.15) is 23.0 Å². The van der Waals surface area contributed by atoms with E-state index in [-0.39, 0.29) is 11.0 Å². The van der Waals surface area contributed by atoms with Crippen LogP contribution in [0.5, 0.6) is 0 Å². The molecule has 0 fully saturated rings. The number of H-pyrrole nitrogens is 1. The summed E-state index contributed by atoms with van der Waals surface area (Å²) in [5.74, 6) is 0.112. The van der Waals surface area contributed by atoms with Crippen LogP contribution in [0, 0.1) is 6.92 Å². The van der Waals surface area contributed by atoms with Gasteiger partial charge in [-0.3, -0.25) is 4.79 Å². The molecule has 22 heavy (non-hydrogen) atoms. The number of benzene rings is 1. The van der Waals surface area contributed by atoms with Gasteiger partial charge in [0.1, 0.15) is 0 Å². The Morgan fingerprint density at radius 1 is 1.36 bits per heavy atom. The first kappa shape index (κ1) is 15.1. The minimum atomic E-state index is -0.212. The number of fused-ring (bicyclic) bond motifs is 1. The van der Waals surface area contributed by atoms with Crippen molar-refractivity contribution in [1.82, 2.24) is 15.2 Å². The first-order chi connectivity index (χ1) is 10.6. The molecule has 0 aliphatic heterocycles. The van der Waals surface area contributed by atoms with E-state index in [4.69, 9.17) is 0 Å². The normalized spacial score (nSPS) is 12.5. The van der Waals surface area contributed by atoms with Crippen LogP contribution < -0.4 is 5.32 Å². The number of carbonyl (C=O) groups is 1. The number of carbonyl (C=O) groups excluding carboxylic acids is 1. The zero-order chi connectivity index (χ0) is 15.7. The van der Waals surface area contributed by atoms with Crippen molar-refractivity contribution in [2.24, 2.45) is 0 Å². The van der Waals surface area contributed by atoms with E-state index in [0.717, 1.165) is 31.6 Å². The first-order valence-electron chi connectivity index (χ1n) is 6.89.